The Balaban J connectivity index is 2.57. The third-order valence-corrected chi connectivity index (χ3v) is 2.58. The van der Waals surface area contributed by atoms with Crippen molar-refractivity contribution in [1.82, 2.24) is 19.1 Å². The highest BCUT2D eigenvalue weighted by Crippen LogP contribution is 2.27. The smallest absolute Gasteiger partial charge is 0.270 e. The van der Waals surface area contributed by atoms with Gasteiger partial charge in [-0.2, -0.15) is 0 Å². The summed E-state index contributed by atoms with van der Waals surface area (Å²) in [5, 5.41) is 10.5. The van der Waals surface area contributed by atoms with Crippen molar-refractivity contribution in [3.05, 3.63) is 36.4 Å². The fourth-order valence-electron chi connectivity index (χ4n) is 1.69. The molecule has 0 radical (unpaired) electrons. The summed E-state index contributed by atoms with van der Waals surface area (Å²) in [6.45, 7) is 0. The molecule has 0 amide bonds. The largest absolute Gasteiger partial charge is 0.355 e. The van der Waals surface area contributed by atoms with E-state index in [2.05, 4.69) is 9.97 Å². The maximum absolute atomic E-state index is 10.5. The highest BCUT2D eigenvalue weighted by atomic mass is 16.6. The number of hydrogen-bond donors (Lipinski definition) is 1. The minimum absolute atomic E-state index is 0.415. The van der Waals surface area contributed by atoms with Crippen molar-refractivity contribution in [2.75, 3.05) is 7.11 Å². The van der Waals surface area contributed by atoms with Gasteiger partial charge in [0.1, 0.15) is 5.69 Å². The Morgan fingerprint density at radius 3 is 2.56 bits per heavy atom. The average Bonchev–Trinajstić information content (AvgIpc) is 2.86. The molecule has 2 heterocycles. The Kier molecular flexibility index (Phi) is 2.53. The van der Waals surface area contributed by atoms with Gasteiger partial charge >= 0.3 is 0 Å². The van der Waals surface area contributed by atoms with Crippen LogP contribution in [0.5, 0.6) is 0 Å². The Morgan fingerprint density at radius 1 is 1.38 bits per heavy atom. The minimum atomic E-state index is -1.58. The van der Waals surface area contributed by atoms with Crippen LogP contribution in [0.2, 0.25) is 0 Å². The zero-order chi connectivity index (χ0) is 11.8. The van der Waals surface area contributed by atoms with Crippen molar-refractivity contribution in [3.63, 3.8) is 0 Å². The average molecular weight is 222 g/mol. The van der Waals surface area contributed by atoms with Crippen LogP contribution in [0.25, 0.3) is 0 Å². The number of ether oxygens (including phenoxy) is 1. The van der Waals surface area contributed by atoms with E-state index in [1.54, 1.807) is 48.1 Å². The number of aromatic nitrogens is 4. The van der Waals surface area contributed by atoms with Gasteiger partial charge in [0.2, 0.25) is 0 Å². The fraction of sp³-hybridized carbons (Fsp3) is 0.400. The van der Waals surface area contributed by atoms with E-state index in [-0.39, 0.29) is 0 Å². The quantitative estimate of drug-likeness (QED) is 0.742. The van der Waals surface area contributed by atoms with Crippen LogP contribution in [0.4, 0.5) is 0 Å². The molecule has 0 aliphatic rings. The van der Waals surface area contributed by atoms with Crippen LogP contribution in [-0.2, 0) is 24.6 Å². The lowest BCUT2D eigenvalue weighted by Crippen LogP contribution is -2.34. The first-order valence-corrected chi connectivity index (χ1v) is 4.81. The molecule has 6 nitrogen and oxygen atoms in total. The van der Waals surface area contributed by atoms with E-state index in [1.807, 2.05) is 0 Å². The monoisotopic (exact) mass is 222 g/mol. The third kappa shape index (κ3) is 1.43. The maximum atomic E-state index is 10.5. The second kappa shape index (κ2) is 3.73. The molecular formula is C10H14N4O2. The van der Waals surface area contributed by atoms with Gasteiger partial charge in [0.25, 0.3) is 5.79 Å². The molecule has 86 valence electrons. The number of hydrogen-bond acceptors (Lipinski definition) is 4. The van der Waals surface area contributed by atoms with E-state index >= 15 is 0 Å². The summed E-state index contributed by atoms with van der Waals surface area (Å²) >= 11 is 0. The van der Waals surface area contributed by atoms with Gasteiger partial charge in [-0.15, -0.1) is 0 Å². The molecule has 0 aromatic carbocycles. The highest BCUT2D eigenvalue weighted by molar-refractivity contribution is 5.18. The number of rotatable bonds is 3. The molecule has 1 unspecified atom stereocenters. The van der Waals surface area contributed by atoms with E-state index in [1.165, 1.54) is 7.11 Å². The molecule has 0 saturated heterocycles. The third-order valence-electron chi connectivity index (χ3n) is 2.58. The van der Waals surface area contributed by atoms with Gasteiger partial charge in [0.05, 0.1) is 12.5 Å². The van der Waals surface area contributed by atoms with Crippen molar-refractivity contribution < 1.29 is 9.84 Å². The summed E-state index contributed by atoms with van der Waals surface area (Å²) in [6.07, 6.45) is 6.51. The van der Waals surface area contributed by atoms with Gasteiger partial charge in [-0.3, -0.25) is 0 Å². The van der Waals surface area contributed by atoms with Crippen LogP contribution in [0.3, 0.4) is 0 Å². The van der Waals surface area contributed by atoms with E-state index in [9.17, 15) is 5.11 Å². The zero-order valence-corrected chi connectivity index (χ0v) is 9.45. The first-order chi connectivity index (χ1) is 7.59. The molecule has 0 bridgehead atoms. The Morgan fingerprint density at radius 2 is 2.12 bits per heavy atom. The zero-order valence-electron chi connectivity index (χ0n) is 9.45. The molecule has 1 N–H and O–H groups in total. The van der Waals surface area contributed by atoms with Crippen LogP contribution in [0.15, 0.2) is 24.9 Å². The number of nitrogens with zero attached hydrogens (tertiary/aromatic N) is 4. The standard InChI is InChI=1S/C10H14N4O2/c1-13-5-4-12-9(13)10(15,16-3)8-6-11-7-14(8)2/h4-7,15H,1-3H3. The summed E-state index contributed by atoms with van der Waals surface area (Å²) in [6, 6.07) is 0. The second-order valence-corrected chi connectivity index (χ2v) is 3.60. The lowest BCUT2D eigenvalue weighted by atomic mass is 10.2. The first kappa shape index (κ1) is 10.8. The second-order valence-electron chi connectivity index (χ2n) is 3.60. The summed E-state index contributed by atoms with van der Waals surface area (Å²) in [5.74, 6) is -1.16. The Hall–Kier alpha value is -1.66. The van der Waals surface area contributed by atoms with E-state index in [4.69, 9.17) is 4.74 Å². The topological polar surface area (TPSA) is 65.1 Å². The summed E-state index contributed by atoms with van der Waals surface area (Å²) in [7, 11) is 5.01. The number of aliphatic hydroxyl groups is 1. The van der Waals surface area contributed by atoms with Crippen LogP contribution in [0.1, 0.15) is 11.5 Å². The minimum Gasteiger partial charge on any atom is -0.355 e. The van der Waals surface area contributed by atoms with Crippen molar-refractivity contribution in [3.8, 4) is 0 Å². The van der Waals surface area contributed by atoms with Crippen LogP contribution >= 0.6 is 0 Å². The highest BCUT2D eigenvalue weighted by Gasteiger charge is 2.38. The predicted octanol–water partition coefficient (Wildman–Crippen LogP) is -0.00660. The van der Waals surface area contributed by atoms with Crippen molar-refractivity contribution in [1.29, 1.82) is 0 Å². The molecule has 0 aliphatic carbocycles. The van der Waals surface area contributed by atoms with Crippen molar-refractivity contribution in [2.24, 2.45) is 14.1 Å². The number of methoxy groups -OCH3 is 1. The Labute approximate surface area is 93.1 Å². The fourth-order valence-corrected chi connectivity index (χ4v) is 1.69. The molecule has 0 saturated carbocycles. The molecule has 6 heteroatoms. The Bertz CT molecular complexity index is 448. The molecule has 2 rings (SSSR count). The normalized spacial score (nSPS) is 15.0. The van der Waals surface area contributed by atoms with Crippen LogP contribution in [0, 0.1) is 0 Å². The molecule has 0 spiro atoms. The van der Waals surface area contributed by atoms with Gasteiger partial charge < -0.3 is 19.0 Å². The van der Waals surface area contributed by atoms with E-state index in [0.717, 1.165) is 0 Å². The van der Waals surface area contributed by atoms with Gasteiger partial charge in [-0.05, 0) is 0 Å². The molecule has 1 atom stereocenters. The number of aryl methyl sites for hydroxylation is 2. The van der Waals surface area contributed by atoms with Crippen LogP contribution < -0.4 is 0 Å². The molecule has 16 heavy (non-hydrogen) atoms. The molecule has 2 aromatic rings. The SMILES string of the molecule is COC(O)(c1cncn1C)c1nccn1C. The van der Waals surface area contributed by atoms with E-state index in [0.29, 0.717) is 11.5 Å². The molecular weight excluding hydrogens is 208 g/mol. The summed E-state index contributed by atoms with van der Waals surface area (Å²) in [4.78, 5) is 8.06. The molecule has 0 aliphatic heterocycles. The molecule has 0 fully saturated rings. The maximum Gasteiger partial charge on any atom is 0.270 e. The van der Waals surface area contributed by atoms with Gasteiger partial charge in [-0.25, -0.2) is 9.97 Å². The van der Waals surface area contributed by atoms with Crippen molar-refractivity contribution in [2.45, 2.75) is 5.79 Å². The number of imidazole rings is 2. The van der Waals surface area contributed by atoms with Gasteiger partial charge in [0.15, 0.2) is 5.82 Å². The lowest BCUT2D eigenvalue weighted by Gasteiger charge is -2.25. The summed E-state index contributed by atoms with van der Waals surface area (Å²) < 4.78 is 8.60. The van der Waals surface area contributed by atoms with Gasteiger partial charge in [0, 0.05) is 33.6 Å². The van der Waals surface area contributed by atoms with Gasteiger partial charge in [-0.1, -0.05) is 0 Å². The van der Waals surface area contributed by atoms with Crippen LogP contribution in [-0.4, -0.2) is 31.3 Å². The summed E-state index contributed by atoms with van der Waals surface area (Å²) in [5.41, 5.74) is 0.532. The predicted molar refractivity (Wildman–Crippen MR) is 56.4 cm³/mol. The molecule has 2 aromatic heterocycles. The lowest BCUT2D eigenvalue weighted by molar-refractivity contribution is -0.171. The first-order valence-electron chi connectivity index (χ1n) is 4.81. The van der Waals surface area contributed by atoms with E-state index < -0.39 is 5.79 Å². The van der Waals surface area contributed by atoms with Crippen molar-refractivity contribution >= 4 is 0 Å².